The molecule has 2 aromatic carbocycles. The number of aryl methyl sites for hydroxylation is 1. The lowest BCUT2D eigenvalue weighted by Crippen LogP contribution is -2.13. The summed E-state index contributed by atoms with van der Waals surface area (Å²) in [7, 11) is 0. The molecular weight excluding hydrogens is 254 g/mol. The number of ketones is 1. The Hall–Kier alpha value is -2.46. The van der Waals surface area contributed by atoms with Crippen LogP contribution in [0.5, 0.6) is 5.75 Å². The second kappa shape index (κ2) is 6.12. The smallest absolute Gasteiger partial charge is 0.343 e. The lowest BCUT2D eigenvalue weighted by Gasteiger charge is -2.05. The summed E-state index contributed by atoms with van der Waals surface area (Å²) in [4.78, 5) is 23.3. The largest absolute Gasteiger partial charge is 0.423 e. The van der Waals surface area contributed by atoms with Crippen molar-refractivity contribution in [3.8, 4) is 5.75 Å². The molecule has 0 atom stereocenters. The molecule has 0 amide bonds. The fourth-order valence-corrected chi connectivity index (χ4v) is 1.76. The van der Waals surface area contributed by atoms with Crippen LogP contribution in [0.3, 0.4) is 0 Å². The molecule has 2 N–H and O–H groups in total. The Kier molecular flexibility index (Phi) is 4.27. The fraction of sp³-hybridized carbons (Fsp3) is 0.125. The van der Waals surface area contributed by atoms with Gasteiger partial charge in [-0.25, -0.2) is 4.79 Å². The first-order valence-corrected chi connectivity index (χ1v) is 6.22. The van der Waals surface area contributed by atoms with Gasteiger partial charge in [-0.1, -0.05) is 17.7 Å². The molecule has 0 radical (unpaired) electrons. The molecule has 4 nitrogen and oxygen atoms in total. The zero-order valence-corrected chi connectivity index (χ0v) is 11.1. The third-order valence-electron chi connectivity index (χ3n) is 2.83. The SMILES string of the molecule is Cc1cccc(C(=O)Oc2ccc(C(=O)CN)cc2)c1. The van der Waals surface area contributed by atoms with Crippen LogP contribution < -0.4 is 10.5 Å². The van der Waals surface area contributed by atoms with E-state index in [1.807, 2.05) is 13.0 Å². The quantitative estimate of drug-likeness (QED) is 0.525. The van der Waals surface area contributed by atoms with Crippen molar-refractivity contribution in [2.45, 2.75) is 6.92 Å². The third-order valence-corrected chi connectivity index (χ3v) is 2.83. The minimum Gasteiger partial charge on any atom is -0.423 e. The molecule has 2 aromatic rings. The molecule has 0 saturated heterocycles. The van der Waals surface area contributed by atoms with E-state index in [1.165, 1.54) is 0 Å². The van der Waals surface area contributed by atoms with Crippen molar-refractivity contribution in [1.29, 1.82) is 0 Å². The molecule has 2 rings (SSSR count). The normalized spacial score (nSPS) is 10.1. The molecule has 0 heterocycles. The number of hydrogen-bond donors (Lipinski definition) is 1. The Morgan fingerprint density at radius 3 is 2.35 bits per heavy atom. The summed E-state index contributed by atoms with van der Waals surface area (Å²) in [6.07, 6.45) is 0. The summed E-state index contributed by atoms with van der Waals surface area (Å²) < 4.78 is 5.24. The Bertz CT molecular complexity index is 632. The first kappa shape index (κ1) is 14.0. The molecule has 20 heavy (non-hydrogen) atoms. The molecule has 0 aromatic heterocycles. The zero-order chi connectivity index (χ0) is 14.5. The minimum atomic E-state index is -0.424. The minimum absolute atomic E-state index is 0.0393. The number of nitrogens with two attached hydrogens (primary N) is 1. The molecular formula is C16H15NO3. The summed E-state index contributed by atoms with van der Waals surface area (Å²) in [6, 6.07) is 13.5. The predicted octanol–water partition coefficient (Wildman–Crippen LogP) is 2.36. The second-order valence-electron chi connectivity index (χ2n) is 4.41. The van der Waals surface area contributed by atoms with E-state index in [-0.39, 0.29) is 12.3 Å². The van der Waals surface area contributed by atoms with Gasteiger partial charge in [0.25, 0.3) is 0 Å². The number of benzene rings is 2. The van der Waals surface area contributed by atoms with Gasteiger partial charge in [0.1, 0.15) is 5.75 Å². The first-order valence-electron chi connectivity index (χ1n) is 6.22. The van der Waals surface area contributed by atoms with Crippen LogP contribution in [0.2, 0.25) is 0 Å². The summed E-state index contributed by atoms with van der Waals surface area (Å²) >= 11 is 0. The van der Waals surface area contributed by atoms with Crippen molar-refractivity contribution in [1.82, 2.24) is 0 Å². The van der Waals surface area contributed by atoms with Crippen LogP contribution in [0.1, 0.15) is 26.3 Å². The van der Waals surface area contributed by atoms with Gasteiger partial charge < -0.3 is 10.5 Å². The average Bonchev–Trinajstić information content (AvgIpc) is 2.47. The zero-order valence-electron chi connectivity index (χ0n) is 11.1. The van der Waals surface area contributed by atoms with Crippen LogP contribution in [-0.2, 0) is 0 Å². The van der Waals surface area contributed by atoms with Crippen molar-refractivity contribution in [2.24, 2.45) is 5.73 Å². The van der Waals surface area contributed by atoms with E-state index in [0.717, 1.165) is 5.56 Å². The molecule has 0 bridgehead atoms. The molecule has 0 aliphatic carbocycles. The van der Waals surface area contributed by atoms with Crippen molar-refractivity contribution in [3.05, 3.63) is 65.2 Å². The van der Waals surface area contributed by atoms with Gasteiger partial charge in [-0.2, -0.15) is 0 Å². The van der Waals surface area contributed by atoms with Gasteiger partial charge in [0, 0.05) is 5.56 Å². The maximum atomic E-state index is 11.9. The maximum absolute atomic E-state index is 11.9. The summed E-state index contributed by atoms with van der Waals surface area (Å²) in [6.45, 7) is 1.87. The molecule has 0 saturated carbocycles. The molecule has 0 unspecified atom stereocenters. The number of ether oxygens (including phenoxy) is 1. The monoisotopic (exact) mass is 269 g/mol. The highest BCUT2D eigenvalue weighted by Crippen LogP contribution is 2.15. The number of hydrogen-bond acceptors (Lipinski definition) is 4. The number of rotatable bonds is 4. The molecule has 0 aliphatic heterocycles. The number of Topliss-reactive ketones (excluding diaryl/α,β-unsaturated/α-hetero) is 1. The lowest BCUT2D eigenvalue weighted by atomic mass is 10.1. The third kappa shape index (κ3) is 3.30. The number of esters is 1. The van der Waals surface area contributed by atoms with E-state index in [4.69, 9.17) is 10.5 Å². The van der Waals surface area contributed by atoms with Crippen molar-refractivity contribution >= 4 is 11.8 Å². The standard InChI is InChI=1S/C16H15NO3/c1-11-3-2-4-13(9-11)16(19)20-14-7-5-12(6-8-14)15(18)10-17/h2-9H,10,17H2,1H3. The Labute approximate surface area is 117 Å². The highest BCUT2D eigenvalue weighted by Gasteiger charge is 2.09. The van der Waals surface area contributed by atoms with Gasteiger partial charge >= 0.3 is 5.97 Å². The van der Waals surface area contributed by atoms with E-state index in [2.05, 4.69) is 0 Å². The lowest BCUT2D eigenvalue weighted by molar-refractivity contribution is 0.0734. The van der Waals surface area contributed by atoms with Gasteiger partial charge in [-0.05, 0) is 43.3 Å². The fourth-order valence-electron chi connectivity index (χ4n) is 1.76. The van der Waals surface area contributed by atoms with Crippen molar-refractivity contribution in [2.75, 3.05) is 6.54 Å². The van der Waals surface area contributed by atoms with Crippen LogP contribution in [0.25, 0.3) is 0 Å². The van der Waals surface area contributed by atoms with Crippen LogP contribution in [0.15, 0.2) is 48.5 Å². The molecule has 0 aliphatic rings. The van der Waals surface area contributed by atoms with E-state index >= 15 is 0 Å². The predicted molar refractivity (Wildman–Crippen MR) is 76.0 cm³/mol. The molecule has 4 heteroatoms. The van der Waals surface area contributed by atoms with E-state index < -0.39 is 5.97 Å². The highest BCUT2D eigenvalue weighted by atomic mass is 16.5. The molecule has 0 fully saturated rings. The van der Waals surface area contributed by atoms with E-state index in [9.17, 15) is 9.59 Å². The van der Waals surface area contributed by atoms with Gasteiger partial charge in [-0.15, -0.1) is 0 Å². The first-order chi connectivity index (χ1) is 9.60. The Morgan fingerprint density at radius 2 is 1.75 bits per heavy atom. The van der Waals surface area contributed by atoms with Gasteiger partial charge in [0.15, 0.2) is 5.78 Å². The summed E-state index contributed by atoms with van der Waals surface area (Å²) in [5.74, 6) is -0.182. The van der Waals surface area contributed by atoms with Crippen LogP contribution in [-0.4, -0.2) is 18.3 Å². The van der Waals surface area contributed by atoms with Gasteiger partial charge in [0.05, 0.1) is 12.1 Å². The number of carbonyl (C=O) groups excluding carboxylic acids is 2. The van der Waals surface area contributed by atoms with Gasteiger partial charge in [0.2, 0.25) is 0 Å². The maximum Gasteiger partial charge on any atom is 0.343 e. The van der Waals surface area contributed by atoms with E-state index in [0.29, 0.717) is 16.9 Å². The molecule has 0 spiro atoms. The van der Waals surface area contributed by atoms with Crippen LogP contribution in [0.4, 0.5) is 0 Å². The van der Waals surface area contributed by atoms with Crippen LogP contribution >= 0.6 is 0 Å². The van der Waals surface area contributed by atoms with Crippen molar-refractivity contribution in [3.63, 3.8) is 0 Å². The highest BCUT2D eigenvalue weighted by molar-refractivity contribution is 5.97. The Balaban J connectivity index is 2.10. The topological polar surface area (TPSA) is 69.4 Å². The van der Waals surface area contributed by atoms with Crippen molar-refractivity contribution < 1.29 is 14.3 Å². The Morgan fingerprint density at radius 1 is 1.05 bits per heavy atom. The number of carbonyl (C=O) groups is 2. The van der Waals surface area contributed by atoms with Crippen LogP contribution in [0, 0.1) is 6.92 Å². The van der Waals surface area contributed by atoms with E-state index in [1.54, 1.807) is 42.5 Å². The summed E-state index contributed by atoms with van der Waals surface area (Å²) in [5, 5.41) is 0. The average molecular weight is 269 g/mol. The summed E-state index contributed by atoms with van der Waals surface area (Å²) in [5.41, 5.74) is 7.26. The van der Waals surface area contributed by atoms with Gasteiger partial charge in [-0.3, -0.25) is 4.79 Å². The molecule has 102 valence electrons. The second-order valence-corrected chi connectivity index (χ2v) is 4.41.